The minimum Gasteiger partial charge on any atom is -0.346 e. The average molecular weight is 402 g/mol. The second-order valence-electron chi connectivity index (χ2n) is 6.40. The van der Waals surface area contributed by atoms with Gasteiger partial charge in [0.25, 0.3) is 0 Å². The molecule has 5 rings (SSSR count). The molecule has 1 atom stereocenters. The quantitative estimate of drug-likeness (QED) is 0.487. The second-order valence-corrected chi connectivity index (χ2v) is 8.70. The Balaban J connectivity index is 1.40. The number of benzene rings is 1. The summed E-state index contributed by atoms with van der Waals surface area (Å²) in [4.78, 5) is 12.5. The number of anilines is 1. The topological polar surface area (TPSA) is 46.3 Å². The van der Waals surface area contributed by atoms with E-state index in [2.05, 4.69) is 15.3 Å². The number of aromatic nitrogens is 4. The van der Waals surface area contributed by atoms with E-state index in [0.29, 0.717) is 5.92 Å². The average Bonchev–Trinajstić information content (AvgIpc) is 3.39. The van der Waals surface area contributed by atoms with E-state index in [1.54, 1.807) is 22.7 Å². The first-order chi connectivity index (χ1) is 12.8. The van der Waals surface area contributed by atoms with E-state index in [1.807, 2.05) is 41.2 Å². The highest BCUT2D eigenvalue weighted by molar-refractivity contribution is 7.20. The third-order valence-electron chi connectivity index (χ3n) is 4.67. The van der Waals surface area contributed by atoms with E-state index in [9.17, 15) is 0 Å². The lowest BCUT2D eigenvalue weighted by Gasteiger charge is -2.31. The van der Waals surface area contributed by atoms with Crippen LogP contribution in [0.5, 0.6) is 0 Å². The molecule has 0 radical (unpaired) electrons. The Labute approximate surface area is 163 Å². The van der Waals surface area contributed by atoms with Crippen LogP contribution in [0.15, 0.2) is 42.0 Å². The lowest BCUT2D eigenvalue weighted by Crippen LogP contribution is -2.34. The smallest absolute Gasteiger partial charge is 0.214 e. The molecule has 1 aliphatic rings. The van der Waals surface area contributed by atoms with Gasteiger partial charge in [0, 0.05) is 41.2 Å². The van der Waals surface area contributed by atoms with Crippen molar-refractivity contribution in [2.45, 2.75) is 18.8 Å². The number of nitrogens with zero attached hydrogens (tertiary/aromatic N) is 5. The fourth-order valence-electron chi connectivity index (χ4n) is 3.37. The van der Waals surface area contributed by atoms with E-state index in [-0.39, 0.29) is 0 Å². The standard InChI is InChI=1S/C18H16ClN5S2/c19-14-5-3-12(4-6-14)15-11-24-17(21-15)26-18(22-24)23-8-1-2-13(10-23)16-20-7-9-25-16/h3-7,9,11,13H,1-2,8,10H2. The highest BCUT2D eigenvalue weighted by atomic mass is 35.5. The maximum absolute atomic E-state index is 5.97. The summed E-state index contributed by atoms with van der Waals surface area (Å²) >= 11 is 9.36. The van der Waals surface area contributed by atoms with E-state index in [4.69, 9.17) is 21.7 Å². The van der Waals surface area contributed by atoms with Crippen molar-refractivity contribution in [2.75, 3.05) is 18.0 Å². The Morgan fingerprint density at radius 1 is 1.19 bits per heavy atom. The van der Waals surface area contributed by atoms with Gasteiger partial charge in [0.05, 0.1) is 16.9 Å². The minimum absolute atomic E-state index is 0.504. The zero-order valence-corrected chi connectivity index (χ0v) is 16.3. The second kappa shape index (κ2) is 6.64. The minimum atomic E-state index is 0.504. The van der Waals surface area contributed by atoms with Gasteiger partial charge < -0.3 is 4.90 Å². The van der Waals surface area contributed by atoms with Crippen LogP contribution in [0.2, 0.25) is 5.02 Å². The Bertz CT molecular complexity index is 990. The largest absolute Gasteiger partial charge is 0.346 e. The van der Waals surface area contributed by atoms with Gasteiger partial charge in [0.2, 0.25) is 10.1 Å². The predicted molar refractivity (Wildman–Crippen MR) is 108 cm³/mol. The van der Waals surface area contributed by atoms with Gasteiger partial charge in [-0.25, -0.2) is 14.5 Å². The highest BCUT2D eigenvalue weighted by Gasteiger charge is 2.25. The van der Waals surface area contributed by atoms with Gasteiger partial charge >= 0.3 is 0 Å². The Hall–Kier alpha value is -1.96. The Morgan fingerprint density at radius 3 is 2.85 bits per heavy atom. The summed E-state index contributed by atoms with van der Waals surface area (Å²) in [5.41, 5.74) is 1.97. The number of thiazole rings is 1. The van der Waals surface area contributed by atoms with Gasteiger partial charge in [0.15, 0.2) is 0 Å². The molecule has 1 saturated heterocycles. The Kier molecular flexibility index (Phi) is 4.15. The number of hydrogen-bond acceptors (Lipinski definition) is 6. The molecule has 1 unspecified atom stereocenters. The van der Waals surface area contributed by atoms with Gasteiger partial charge in [-0.05, 0) is 25.0 Å². The molecule has 0 saturated carbocycles. The Morgan fingerprint density at radius 2 is 2.08 bits per heavy atom. The molecule has 132 valence electrons. The maximum Gasteiger partial charge on any atom is 0.214 e. The van der Waals surface area contributed by atoms with E-state index in [1.165, 1.54) is 17.8 Å². The molecule has 0 aliphatic carbocycles. The van der Waals surface area contributed by atoms with Gasteiger partial charge in [-0.2, -0.15) is 0 Å². The molecular formula is C18H16ClN5S2. The van der Waals surface area contributed by atoms with Crippen LogP contribution >= 0.6 is 34.3 Å². The third kappa shape index (κ3) is 3.00. The van der Waals surface area contributed by atoms with Crippen molar-refractivity contribution in [3.63, 3.8) is 0 Å². The molecule has 3 aromatic heterocycles. The summed E-state index contributed by atoms with van der Waals surface area (Å²) in [6.45, 7) is 2.02. The first-order valence-corrected chi connectivity index (χ1v) is 10.6. The van der Waals surface area contributed by atoms with E-state index in [0.717, 1.165) is 39.5 Å². The summed E-state index contributed by atoms with van der Waals surface area (Å²) in [6, 6.07) is 7.74. The normalized spacial score (nSPS) is 17.9. The molecular weight excluding hydrogens is 386 g/mol. The number of imidazole rings is 1. The number of rotatable bonds is 3. The third-order valence-corrected chi connectivity index (χ3v) is 6.84. The fourth-order valence-corrected chi connectivity index (χ4v) is 5.18. The van der Waals surface area contributed by atoms with Crippen LogP contribution < -0.4 is 4.90 Å². The highest BCUT2D eigenvalue weighted by Crippen LogP contribution is 2.33. The molecule has 0 bridgehead atoms. The molecule has 0 N–H and O–H groups in total. The maximum atomic E-state index is 5.97. The number of piperidine rings is 1. The fraction of sp³-hybridized carbons (Fsp3) is 0.278. The first kappa shape index (κ1) is 16.2. The van der Waals surface area contributed by atoms with E-state index < -0.39 is 0 Å². The van der Waals surface area contributed by atoms with Crippen LogP contribution in [0, 0.1) is 0 Å². The van der Waals surface area contributed by atoms with Crippen LogP contribution in [0.3, 0.4) is 0 Å². The lowest BCUT2D eigenvalue weighted by atomic mass is 9.99. The number of halogens is 1. The van der Waals surface area contributed by atoms with E-state index >= 15 is 0 Å². The monoisotopic (exact) mass is 401 g/mol. The summed E-state index contributed by atoms with van der Waals surface area (Å²) in [5.74, 6) is 0.504. The number of hydrogen-bond donors (Lipinski definition) is 0. The molecule has 1 fully saturated rings. The summed E-state index contributed by atoms with van der Waals surface area (Å²) in [7, 11) is 0. The predicted octanol–water partition coefficient (Wildman–Crippen LogP) is 4.95. The molecule has 26 heavy (non-hydrogen) atoms. The van der Waals surface area contributed by atoms with Crippen LogP contribution in [0.1, 0.15) is 23.8 Å². The zero-order chi connectivity index (χ0) is 17.5. The molecule has 1 aromatic carbocycles. The van der Waals surface area contributed by atoms with Crippen molar-refractivity contribution < 1.29 is 0 Å². The molecule has 8 heteroatoms. The number of fused-ring (bicyclic) bond motifs is 1. The van der Waals surface area contributed by atoms with Gasteiger partial charge in [0.1, 0.15) is 0 Å². The zero-order valence-electron chi connectivity index (χ0n) is 13.9. The van der Waals surface area contributed by atoms with Crippen LogP contribution in [-0.2, 0) is 0 Å². The van der Waals surface area contributed by atoms with Crippen molar-refractivity contribution >= 4 is 44.4 Å². The van der Waals surface area contributed by atoms with Gasteiger partial charge in [-0.3, -0.25) is 0 Å². The SMILES string of the molecule is Clc1ccc(-c2cn3nc(N4CCCC(c5nccs5)C4)sc3n2)cc1. The van der Waals surface area contributed by atoms with Crippen molar-refractivity contribution in [3.8, 4) is 11.3 Å². The van der Waals surface area contributed by atoms with Crippen molar-refractivity contribution in [1.29, 1.82) is 0 Å². The van der Waals surface area contributed by atoms with Crippen molar-refractivity contribution in [2.24, 2.45) is 0 Å². The summed E-state index contributed by atoms with van der Waals surface area (Å²) in [6.07, 6.45) is 6.25. The lowest BCUT2D eigenvalue weighted by molar-refractivity contribution is 0.506. The molecule has 1 aliphatic heterocycles. The van der Waals surface area contributed by atoms with Crippen molar-refractivity contribution in [3.05, 3.63) is 52.1 Å². The molecule has 4 heterocycles. The van der Waals surface area contributed by atoms with Crippen LogP contribution in [0.4, 0.5) is 5.13 Å². The molecule has 0 amide bonds. The van der Waals surface area contributed by atoms with Crippen molar-refractivity contribution in [1.82, 2.24) is 19.6 Å². The molecule has 5 nitrogen and oxygen atoms in total. The van der Waals surface area contributed by atoms with Gasteiger partial charge in [-0.1, -0.05) is 35.1 Å². The molecule has 4 aromatic rings. The van der Waals surface area contributed by atoms with Crippen LogP contribution in [-0.4, -0.2) is 32.7 Å². The van der Waals surface area contributed by atoms with Gasteiger partial charge in [-0.15, -0.1) is 16.4 Å². The summed E-state index contributed by atoms with van der Waals surface area (Å²) < 4.78 is 1.89. The van der Waals surface area contributed by atoms with Crippen LogP contribution in [0.25, 0.3) is 16.2 Å². The first-order valence-electron chi connectivity index (χ1n) is 8.53. The summed E-state index contributed by atoms with van der Waals surface area (Å²) in [5, 5.41) is 9.84. The molecule has 0 spiro atoms.